The van der Waals surface area contributed by atoms with Crippen molar-refractivity contribution >= 4 is 56.7 Å². The molecule has 3 rings (SSSR count). The number of carbonyl (C=O) groups is 4. The maximum absolute atomic E-state index is 12.4. The summed E-state index contributed by atoms with van der Waals surface area (Å²) in [5.74, 6) is -2.46. The molecule has 1 aliphatic heterocycles. The molecule has 1 aliphatic rings. The number of hydrogen-bond acceptors (Lipinski definition) is 5. The standard InChI is InChI=1S/C17H14BrN3O4S/c1-10-7-11(18)4-5-13(10)19-14(22)9-21-16(24)15(23)20(17(21)25)8-12-3-2-6-26-12/h2-7H,8-9H2,1H3,(H,19,22). The van der Waals surface area contributed by atoms with E-state index in [0.717, 1.165) is 19.8 Å². The van der Waals surface area contributed by atoms with Crippen molar-refractivity contribution in [3.05, 3.63) is 50.6 Å². The van der Waals surface area contributed by atoms with Crippen LogP contribution in [0, 0.1) is 6.92 Å². The lowest BCUT2D eigenvalue weighted by Gasteiger charge is -2.15. The second-order valence-electron chi connectivity index (χ2n) is 5.65. The van der Waals surface area contributed by atoms with Crippen LogP contribution in [0.3, 0.4) is 0 Å². The zero-order chi connectivity index (χ0) is 18.8. The van der Waals surface area contributed by atoms with Crippen LogP contribution in [0.25, 0.3) is 0 Å². The Bertz CT molecular complexity index is 897. The maximum Gasteiger partial charge on any atom is 0.335 e. The lowest BCUT2D eigenvalue weighted by molar-refractivity contribution is -0.143. The quantitative estimate of drug-likeness (QED) is 0.577. The summed E-state index contributed by atoms with van der Waals surface area (Å²) >= 11 is 4.71. The number of carbonyl (C=O) groups excluding carboxylic acids is 4. The van der Waals surface area contributed by atoms with Gasteiger partial charge in [0.15, 0.2) is 0 Å². The molecule has 9 heteroatoms. The van der Waals surface area contributed by atoms with Gasteiger partial charge in [-0.05, 0) is 42.1 Å². The Kier molecular flexibility index (Phi) is 5.19. The largest absolute Gasteiger partial charge is 0.335 e. The first-order valence-corrected chi connectivity index (χ1v) is 9.30. The van der Waals surface area contributed by atoms with Crippen LogP contribution in [0.4, 0.5) is 10.5 Å². The fourth-order valence-electron chi connectivity index (χ4n) is 2.49. The van der Waals surface area contributed by atoms with Crippen molar-refractivity contribution in [2.24, 2.45) is 0 Å². The molecule has 1 aromatic heterocycles. The Morgan fingerprint density at radius 1 is 1.15 bits per heavy atom. The third kappa shape index (κ3) is 3.68. The highest BCUT2D eigenvalue weighted by molar-refractivity contribution is 9.10. The molecule has 1 saturated heterocycles. The van der Waals surface area contributed by atoms with Crippen molar-refractivity contribution in [1.29, 1.82) is 0 Å². The van der Waals surface area contributed by atoms with E-state index >= 15 is 0 Å². The SMILES string of the molecule is Cc1cc(Br)ccc1NC(=O)CN1C(=O)C(=O)N(Cc2cccs2)C1=O. The van der Waals surface area contributed by atoms with Gasteiger partial charge in [0.1, 0.15) is 6.54 Å². The van der Waals surface area contributed by atoms with E-state index in [1.807, 2.05) is 18.4 Å². The first-order chi connectivity index (χ1) is 12.4. The van der Waals surface area contributed by atoms with Crippen LogP contribution in [-0.2, 0) is 20.9 Å². The number of anilines is 1. The van der Waals surface area contributed by atoms with Crippen molar-refractivity contribution in [3.63, 3.8) is 0 Å². The fourth-order valence-corrected chi connectivity index (χ4v) is 3.66. The molecule has 0 atom stereocenters. The first-order valence-electron chi connectivity index (χ1n) is 7.62. The molecule has 1 N–H and O–H groups in total. The van der Waals surface area contributed by atoms with E-state index in [2.05, 4.69) is 21.2 Å². The van der Waals surface area contributed by atoms with E-state index in [9.17, 15) is 19.2 Å². The Morgan fingerprint density at radius 2 is 1.88 bits per heavy atom. The number of hydrogen-bond donors (Lipinski definition) is 1. The molecule has 0 unspecified atom stereocenters. The van der Waals surface area contributed by atoms with E-state index in [1.165, 1.54) is 11.3 Å². The highest BCUT2D eigenvalue weighted by atomic mass is 79.9. The number of aryl methyl sites for hydroxylation is 1. The van der Waals surface area contributed by atoms with Crippen LogP contribution in [0.1, 0.15) is 10.4 Å². The van der Waals surface area contributed by atoms with Gasteiger partial charge in [-0.2, -0.15) is 0 Å². The van der Waals surface area contributed by atoms with Gasteiger partial charge in [0.2, 0.25) is 5.91 Å². The number of nitrogens with one attached hydrogen (secondary N) is 1. The van der Waals surface area contributed by atoms with Gasteiger partial charge in [0, 0.05) is 15.0 Å². The van der Waals surface area contributed by atoms with Gasteiger partial charge in [0.25, 0.3) is 0 Å². The molecule has 5 amide bonds. The van der Waals surface area contributed by atoms with E-state index in [4.69, 9.17) is 0 Å². The van der Waals surface area contributed by atoms with Gasteiger partial charge in [-0.25, -0.2) is 9.69 Å². The summed E-state index contributed by atoms with van der Waals surface area (Å²) in [4.78, 5) is 51.1. The number of benzene rings is 1. The summed E-state index contributed by atoms with van der Waals surface area (Å²) in [6.45, 7) is 1.32. The number of thiophene rings is 1. The zero-order valence-electron chi connectivity index (χ0n) is 13.7. The Morgan fingerprint density at radius 3 is 2.54 bits per heavy atom. The second-order valence-corrected chi connectivity index (χ2v) is 7.60. The lowest BCUT2D eigenvalue weighted by atomic mass is 10.2. The normalized spacial score (nSPS) is 14.3. The third-order valence-corrected chi connectivity index (χ3v) is 5.15. The Labute approximate surface area is 161 Å². The van der Waals surface area contributed by atoms with Gasteiger partial charge in [0.05, 0.1) is 6.54 Å². The minimum Gasteiger partial charge on any atom is -0.324 e. The molecule has 1 aromatic carbocycles. The first kappa shape index (κ1) is 18.3. The van der Waals surface area contributed by atoms with E-state index < -0.39 is 30.3 Å². The number of imide groups is 2. The van der Waals surface area contributed by atoms with Gasteiger partial charge in [-0.1, -0.05) is 22.0 Å². The lowest BCUT2D eigenvalue weighted by Crippen LogP contribution is -2.38. The van der Waals surface area contributed by atoms with Crippen molar-refractivity contribution in [2.45, 2.75) is 13.5 Å². The summed E-state index contributed by atoms with van der Waals surface area (Å²) in [7, 11) is 0. The molecule has 2 aromatic rings. The fraction of sp³-hybridized carbons (Fsp3) is 0.176. The number of nitrogens with zero attached hydrogens (tertiary/aromatic N) is 2. The Balaban J connectivity index is 1.68. The predicted octanol–water partition coefficient (Wildman–Crippen LogP) is 2.75. The molecule has 0 spiro atoms. The summed E-state index contributed by atoms with van der Waals surface area (Å²) < 4.78 is 0.868. The molecule has 26 heavy (non-hydrogen) atoms. The van der Waals surface area contributed by atoms with Crippen LogP contribution in [-0.4, -0.2) is 40.1 Å². The van der Waals surface area contributed by atoms with Crippen LogP contribution in [0.2, 0.25) is 0 Å². The number of urea groups is 1. The summed E-state index contributed by atoms with van der Waals surface area (Å²) in [5, 5.41) is 4.46. The topological polar surface area (TPSA) is 86.8 Å². The van der Waals surface area contributed by atoms with Gasteiger partial charge in [-0.3, -0.25) is 19.3 Å². The molecule has 0 bridgehead atoms. The molecule has 134 valence electrons. The Hall–Kier alpha value is -2.52. The summed E-state index contributed by atoms with van der Waals surface area (Å²) in [5.41, 5.74) is 1.39. The minimum absolute atomic E-state index is 0.0189. The summed E-state index contributed by atoms with van der Waals surface area (Å²) in [6, 6.07) is 8.07. The van der Waals surface area contributed by atoms with Gasteiger partial charge in [-0.15, -0.1) is 11.3 Å². The number of rotatable bonds is 5. The molecule has 0 radical (unpaired) electrons. The average Bonchev–Trinajstić information content (AvgIpc) is 3.17. The molecule has 0 saturated carbocycles. The molecule has 7 nitrogen and oxygen atoms in total. The molecular formula is C17H14BrN3O4S. The molecular weight excluding hydrogens is 422 g/mol. The smallest absolute Gasteiger partial charge is 0.324 e. The second kappa shape index (κ2) is 7.38. The van der Waals surface area contributed by atoms with Crippen molar-refractivity contribution in [3.8, 4) is 0 Å². The average molecular weight is 436 g/mol. The highest BCUT2D eigenvalue weighted by Gasteiger charge is 2.45. The zero-order valence-corrected chi connectivity index (χ0v) is 16.1. The monoisotopic (exact) mass is 435 g/mol. The summed E-state index contributed by atoms with van der Waals surface area (Å²) in [6.07, 6.45) is 0. The van der Waals surface area contributed by atoms with Gasteiger partial charge < -0.3 is 5.32 Å². The minimum atomic E-state index is -0.991. The van der Waals surface area contributed by atoms with E-state index in [-0.39, 0.29) is 6.54 Å². The number of halogens is 1. The molecule has 2 heterocycles. The van der Waals surface area contributed by atoms with E-state index in [0.29, 0.717) is 10.6 Å². The van der Waals surface area contributed by atoms with Gasteiger partial charge >= 0.3 is 17.8 Å². The number of amides is 5. The van der Waals surface area contributed by atoms with Crippen molar-refractivity contribution in [2.75, 3.05) is 11.9 Å². The van der Waals surface area contributed by atoms with Crippen LogP contribution in [0.15, 0.2) is 40.2 Å². The maximum atomic E-state index is 12.4. The van der Waals surface area contributed by atoms with Crippen LogP contribution >= 0.6 is 27.3 Å². The predicted molar refractivity (Wildman–Crippen MR) is 99.5 cm³/mol. The molecule has 1 fully saturated rings. The molecule has 0 aliphatic carbocycles. The van der Waals surface area contributed by atoms with Crippen LogP contribution < -0.4 is 5.32 Å². The van der Waals surface area contributed by atoms with Crippen LogP contribution in [0.5, 0.6) is 0 Å². The van der Waals surface area contributed by atoms with Crippen molar-refractivity contribution < 1.29 is 19.2 Å². The van der Waals surface area contributed by atoms with Crippen molar-refractivity contribution in [1.82, 2.24) is 9.80 Å². The highest BCUT2D eigenvalue weighted by Crippen LogP contribution is 2.21. The third-order valence-electron chi connectivity index (χ3n) is 3.79. The van der Waals surface area contributed by atoms with E-state index in [1.54, 1.807) is 24.3 Å².